The molecule has 0 radical (unpaired) electrons. The summed E-state index contributed by atoms with van der Waals surface area (Å²) in [7, 11) is 1.65. The molecule has 1 saturated heterocycles. The van der Waals surface area contributed by atoms with Crippen LogP contribution in [0.5, 0.6) is 17.2 Å². The molecule has 210 valence electrons. The van der Waals surface area contributed by atoms with E-state index in [1.165, 1.54) is 0 Å². The molecule has 2 aliphatic heterocycles. The summed E-state index contributed by atoms with van der Waals surface area (Å²) >= 11 is 0. The summed E-state index contributed by atoms with van der Waals surface area (Å²) in [5.74, 6) is 2.64. The first-order valence-corrected chi connectivity index (χ1v) is 13.5. The van der Waals surface area contributed by atoms with Crippen LogP contribution in [0.1, 0.15) is 56.6 Å². The van der Waals surface area contributed by atoms with Gasteiger partial charge in [0.1, 0.15) is 11.8 Å². The lowest BCUT2D eigenvalue weighted by molar-refractivity contribution is 0.0564. The predicted molar refractivity (Wildman–Crippen MR) is 148 cm³/mol. The number of hydrogen-bond acceptors (Lipinski definition) is 9. The van der Waals surface area contributed by atoms with Gasteiger partial charge in [-0.15, -0.1) is 5.10 Å². The second kappa shape index (κ2) is 10.5. The molecule has 1 fully saturated rings. The number of aromatic amines is 1. The smallest absolute Gasteiger partial charge is 0.253 e. The van der Waals surface area contributed by atoms with Crippen molar-refractivity contribution in [3.63, 3.8) is 0 Å². The van der Waals surface area contributed by atoms with Crippen molar-refractivity contribution in [3.05, 3.63) is 69.8 Å². The quantitative estimate of drug-likeness (QED) is 0.352. The minimum Gasteiger partial charge on any atom is -0.497 e. The molecular weight excluding hydrogens is 512 g/mol. The first-order valence-electron chi connectivity index (χ1n) is 13.5. The van der Waals surface area contributed by atoms with E-state index >= 15 is 0 Å². The van der Waals surface area contributed by atoms with Crippen LogP contribution in [-0.2, 0) is 16.8 Å². The Hall–Kier alpha value is -3.96. The molecule has 2 aromatic heterocycles. The van der Waals surface area contributed by atoms with Gasteiger partial charge in [0.25, 0.3) is 5.56 Å². The van der Waals surface area contributed by atoms with Crippen molar-refractivity contribution in [2.75, 3.05) is 27.1 Å². The summed E-state index contributed by atoms with van der Waals surface area (Å²) in [4.78, 5) is 19.1. The van der Waals surface area contributed by atoms with E-state index in [0.717, 1.165) is 36.1 Å². The molecule has 11 nitrogen and oxygen atoms in total. The standard InChI is InChI=1S/C29H34N6O5/c1-29(2,3)35-27(31-32-33-35)26(22-12-19-13-24-25(40-17-39-24)14-23(19)30-28(22)36)34(16-21-6-5-11-38-21)15-18-7-9-20(37-4)10-8-18/h7-10,12-14,21,26H,5-6,11,15-17H2,1-4H3,(H,30,36). The van der Waals surface area contributed by atoms with Crippen molar-refractivity contribution in [1.29, 1.82) is 0 Å². The third-order valence-corrected chi connectivity index (χ3v) is 7.41. The number of aromatic nitrogens is 5. The molecular formula is C29H34N6O5. The van der Waals surface area contributed by atoms with Crippen LogP contribution in [0.2, 0.25) is 0 Å². The molecule has 0 saturated carbocycles. The summed E-state index contributed by atoms with van der Waals surface area (Å²) in [5, 5.41) is 13.7. The summed E-state index contributed by atoms with van der Waals surface area (Å²) in [5.41, 5.74) is 1.65. The molecule has 40 heavy (non-hydrogen) atoms. The first kappa shape index (κ1) is 26.3. The number of rotatable bonds is 8. The zero-order chi connectivity index (χ0) is 27.9. The molecule has 4 heterocycles. The van der Waals surface area contributed by atoms with Gasteiger partial charge in [0.05, 0.1) is 24.3 Å². The van der Waals surface area contributed by atoms with E-state index in [9.17, 15) is 4.79 Å². The molecule has 0 aliphatic carbocycles. The van der Waals surface area contributed by atoms with Crippen LogP contribution >= 0.6 is 0 Å². The van der Waals surface area contributed by atoms with Crippen molar-refractivity contribution in [1.82, 2.24) is 30.1 Å². The van der Waals surface area contributed by atoms with Crippen LogP contribution in [0.15, 0.2) is 47.3 Å². The Morgan fingerprint density at radius 2 is 1.93 bits per heavy atom. The normalized spacial score (nSPS) is 17.6. The Morgan fingerprint density at radius 3 is 2.62 bits per heavy atom. The average Bonchev–Trinajstić information content (AvgIpc) is 3.70. The molecule has 0 amide bonds. The van der Waals surface area contributed by atoms with Crippen LogP contribution in [0.4, 0.5) is 0 Å². The maximum atomic E-state index is 13.8. The van der Waals surface area contributed by atoms with E-state index in [0.29, 0.717) is 41.5 Å². The van der Waals surface area contributed by atoms with E-state index in [4.69, 9.17) is 18.9 Å². The fourth-order valence-corrected chi connectivity index (χ4v) is 5.43. The van der Waals surface area contributed by atoms with Crippen molar-refractivity contribution in [3.8, 4) is 17.2 Å². The number of nitrogens with one attached hydrogen (secondary N) is 1. The van der Waals surface area contributed by atoms with E-state index in [-0.39, 0.29) is 18.5 Å². The summed E-state index contributed by atoms with van der Waals surface area (Å²) in [6, 6.07) is 13.0. The van der Waals surface area contributed by atoms with Gasteiger partial charge in [0.2, 0.25) is 6.79 Å². The Morgan fingerprint density at radius 1 is 1.15 bits per heavy atom. The number of hydrogen-bond donors (Lipinski definition) is 1. The second-order valence-corrected chi connectivity index (χ2v) is 11.3. The molecule has 0 spiro atoms. The molecule has 6 rings (SSSR count). The van der Waals surface area contributed by atoms with Gasteiger partial charge >= 0.3 is 0 Å². The number of tetrazole rings is 1. The minimum atomic E-state index is -0.556. The van der Waals surface area contributed by atoms with Gasteiger partial charge in [-0.05, 0) is 73.9 Å². The van der Waals surface area contributed by atoms with E-state index in [1.807, 2.05) is 57.2 Å². The van der Waals surface area contributed by atoms with Gasteiger partial charge < -0.3 is 23.9 Å². The van der Waals surface area contributed by atoms with Crippen molar-refractivity contribution >= 4 is 10.9 Å². The highest BCUT2D eigenvalue weighted by atomic mass is 16.7. The Balaban J connectivity index is 1.51. The van der Waals surface area contributed by atoms with Crippen LogP contribution in [0.25, 0.3) is 10.9 Å². The molecule has 2 atom stereocenters. The van der Waals surface area contributed by atoms with Crippen LogP contribution in [0, 0.1) is 0 Å². The van der Waals surface area contributed by atoms with Crippen molar-refractivity contribution in [2.45, 2.75) is 57.8 Å². The summed E-state index contributed by atoms with van der Waals surface area (Å²) < 4.78 is 24.4. The number of methoxy groups -OCH3 is 1. The van der Waals surface area contributed by atoms with Gasteiger partial charge in [-0.1, -0.05) is 12.1 Å². The van der Waals surface area contributed by atoms with Gasteiger partial charge in [-0.3, -0.25) is 9.69 Å². The average molecular weight is 547 g/mol. The Labute approximate surface area is 232 Å². The molecule has 1 N–H and O–H groups in total. The lowest BCUT2D eigenvalue weighted by Crippen LogP contribution is -2.40. The highest BCUT2D eigenvalue weighted by Gasteiger charge is 2.35. The number of pyridine rings is 1. The summed E-state index contributed by atoms with van der Waals surface area (Å²) in [6.07, 6.45) is 2.00. The minimum absolute atomic E-state index is 0.0353. The van der Waals surface area contributed by atoms with E-state index < -0.39 is 11.6 Å². The molecule has 2 aliphatic rings. The topological polar surface area (TPSA) is 117 Å². The highest BCUT2D eigenvalue weighted by Crippen LogP contribution is 2.37. The maximum absolute atomic E-state index is 13.8. The van der Waals surface area contributed by atoms with Crippen LogP contribution in [-0.4, -0.2) is 63.2 Å². The molecule has 2 unspecified atom stereocenters. The molecule has 4 aromatic rings. The SMILES string of the molecule is COc1ccc(CN(CC2CCCO2)C(c2cc3cc4c(cc3[nH]c2=O)OCO4)c2nnnn2C(C)(C)C)cc1. The number of H-pyrrole nitrogens is 1. The fraction of sp³-hybridized carbons (Fsp3) is 0.448. The maximum Gasteiger partial charge on any atom is 0.253 e. The van der Waals surface area contributed by atoms with E-state index in [2.05, 4.69) is 25.4 Å². The molecule has 2 aromatic carbocycles. The largest absolute Gasteiger partial charge is 0.497 e. The van der Waals surface area contributed by atoms with E-state index in [1.54, 1.807) is 17.9 Å². The van der Waals surface area contributed by atoms with Crippen molar-refractivity contribution < 1.29 is 18.9 Å². The monoisotopic (exact) mass is 546 g/mol. The summed E-state index contributed by atoms with van der Waals surface area (Å²) in [6.45, 7) is 8.17. The molecule has 0 bridgehead atoms. The third kappa shape index (κ3) is 5.14. The zero-order valence-corrected chi connectivity index (χ0v) is 23.2. The first-order chi connectivity index (χ1) is 19.3. The van der Waals surface area contributed by atoms with Gasteiger partial charge in [-0.2, -0.15) is 0 Å². The number of ether oxygens (including phenoxy) is 4. The number of fused-ring (bicyclic) bond motifs is 2. The fourth-order valence-electron chi connectivity index (χ4n) is 5.43. The molecule has 11 heteroatoms. The number of nitrogens with zero attached hydrogens (tertiary/aromatic N) is 5. The number of benzene rings is 2. The second-order valence-electron chi connectivity index (χ2n) is 11.3. The van der Waals surface area contributed by atoms with Gasteiger partial charge in [0.15, 0.2) is 17.3 Å². The van der Waals surface area contributed by atoms with Gasteiger partial charge in [0, 0.05) is 36.7 Å². The Bertz CT molecular complexity index is 1550. The lowest BCUT2D eigenvalue weighted by atomic mass is 10.00. The van der Waals surface area contributed by atoms with Crippen LogP contribution in [0.3, 0.4) is 0 Å². The van der Waals surface area contributed by atoms with Gasteiger partial charge in [-0.25, -0.2) is 4.68 Å². The zero-order valence-electron chi connectivity index (χ0n) is 23.2. The highest BCUT2D eigenvalue weighted by molar-refractivity contribution is 5.83. The van der Waals surface area contributed by atoms with Crippen LogP contribution < -0.4 is 19.8 Å². The third-order valence-electron chi connectivity index (χ3n) is 7.41. The predicted octanol–water partition coefficient (Wildman–Crippen LogP) is 3.78. The van der Waals surface area contributed by atoms with Crippen molar-refractivity contribution in [2.24, 2.45) is 0 Å². The lowest BCUT2D eigenvalue weighted by Gasteiger charge is -2.34. The Kier molecular flexibility index (Phi) is 6.93.